The van der Waals surface area contributed by atoms with E-state index in [4.69, 9.17) is 0 Å². The molecule has 1 amide bonds. The van der Waals surface area contributed by atoms with Crippen molar-refractivity contribution in [3.63, 3.8) is 0 Å². The molecule has 0 bridgehead atoms. The van der Waals surface area contributed by atoms with Crippen LogP contribution in [0.1, 0.15) is 22.9 Å². The van der Waals surface area contributed by atoms with Crippen molar-refractivity contribution >= 4 is 28.2 Å². The number of nitro groups is 1. The zero-order valence-corrected chi connectivity index (χ0v) is 17.3. The van der Waals surface area contributed by atoms with Gasteiger partial charge in [0.05, 0.1) is 17.5 Å². The number of para-hydroxylation sites is 1. The second-order valence-electron chi connectivity index (χ2n) is 7.95. The fraction of sp³-hybridized carbons (Fsp3) is 0.160. The highest BCUT2D eigenvalue weighted by atomic mass is 16.6. The fourth-order valence-electron chi connectivity index (χ4n) is 4.56. The van der Waals surface area contributed by atoms with Gasteiger partial charge in [0.15, 0.2) is 0 Å². The van der Waals surface area contributed by atoms with Gasteiger partial charge in [0, 0.05) is 41.0 Å². The van der Waals surface area contributed by atoms with Crippen molar-refractivity contribution in [2.24, 2.45) is 0 Å². The van der Waals surface area contributed by atoms with Crippen LogP contribution in [0.4, 0.5) is 11.4 Å². The number of carbonyl (C=O) groups is 1. The Morgan fingerprint density at radius 1 is 1.06 bits per heavy atom. The van der Waals surface area contributed by atoms with E-state index < -0.39 is 4.92 Å². The summed E-state index contributed by atoms with van der Waals surface area (Å²) in [5, 5.41) is 15.1. The third kappa shape index (κ3) is 3.74. The monoisotopic (exact) mass is 426 g/mol. The number of rotatable bonds is 5. The molecule has 0 radical (unpaired) electrons. The molecule has 1 aromatic heterocycles. The number of fused-ring (bicyclic) bond motifs is 3. The molecule has 7 heteroatoms. The van der Waals surface area contributed by atoms with Crippen molar-refractivity contribution in [2.45, 2.75) is 12.5 Å². The number of aromatic nitrogens is 1. The lowest BCUT2D eigenvalue weighted by Crippen LogP contribution is -2.41. The van der Waals surface area contributed by atoms with Crippen LogP contribution in [0.2, 0.25) is 0 Å². The molecular formula is C25H22N4O3. The minimum atomic E-state index is -0.469. The third-order valence-electron chi connectivity index (χ3n) is 5.94. The number of anilines is 1. The summed E-state index contributed by atoms with van der Waals surface area (Å²) in [6.45, 7) is 0.911. The van der Waals surface area contributed by atoms with Crippen LogP contribution >= 0.6 is 0 Å². The average molecular weight is 426 g/mol. The summed E-state index contributed by atoms with van der Waals surface area (Å²) < 4.78 is 0. The highest BCUT2D eigenvalue weighted by Crippen LogP contribution is 2.38. The second kappa shape index (κ2) is 8.28. The SMILES string of the molecule is O=C(CN1CCc2c([nH]c3ccccc23)C1c1ccccc1)Nc1cccc([N+](=O)[O-])c1. The summed E-state index contributed by atoms with van der Waals surface area (Å²) in [6.07, 6.45) is 0.840. The van der Waals surface area contributed by atoms with E-state index in [0.717, 1.165) is 29.7 Å². The number of hydrogen-bond donors (Lipinski definition) is 2. The van der Waals surface area contributed by atoms with Gasteiger partial charge in [0.1, 0.15) is 0 Å². The van der Waals surface area contributed by atoms with E-state index in [9.17, 15) is 14.9 Å². The van der Waals surface area contributed by atoms with Crippen molar-refractivity contribution in [3.8, 4) is 0 Å². The van der Waals surface area contributed by atoms with E-state index >= 15 is 0 Å². The Labute approximate surface area is 184 Å². The molecule has 2 heterocycles. The van der Waals surface area contributed by atoms with Crippen molar-refractivity contribution in [2.75, 3.05) is 18.4 Å². The summed E-state index contributed by atoms with van der Waals surface area (Å²) in [4.78, 5) is 29.2. The topological polar surface area (TPSA) is 91.3 Å². The summed E-state index contributed by atoms with van der Waals surface area (Å²) in [6, 6.07) is 24.4. The van der Waals surface area contributed by atoms with E-state index in [2.05, 4.69) is 39.5 Å². The number of nitrogens with one attached hydrogen (secondary N) is 2. The molecule has 160 valence electrons. The highest BCUT2D eigenvalue weighted by Gasteiger charge is 2.32. The number of nitrogens with zero attached hydrogens (tertiary/aromatic N) is 2. The highest BCUT2D eigenvalue weighted by molar-refractivity contribution is 5.92. The Morgan fingerprint density at radius 3 is 2.66 bits per heavy atom. The van der Waals surface area contributed by atoms with Crippen LogP contribution in [-0.4, -0.2) is 33.8 Å². The van der Waals surface area contributed by atoms with Gasteiger partial charge in [0.2, 0.25) is 5.91 Å². The Hall–Kier alpha value is -3.97. The zero-order valence-electron chi connectivity index (χ0n) is 17.3. The number of non-ortho nitro benzene ring substituents is 1. The van der Waals surface area contributed by atoms with Gasteiger partial charge < -0.3 is 10.3 Å². The van der Waals surface area contributed by atoms with Gasteiger partial charge in [-0.3, -0.25) is 19.8 Å². The lowest BCUT2D eigenvalue weighted by atomic mass is 9.92. The summed E-state index contributed by atoms with van der Waals surface area (Å²) in [7, 11) is 0. The standard InChI is InChI=1S/C25H22N4O3/c30-23(26-18-9-6-10-19(15-18)29(31)32)16-28-14-13-21-20-11-4-5-12-22(20)27-24(21)25(28)17-7-2-1-3-8-17/h1-12,15,25,27H,13-14,16H2,(H,26,30). The van der Waals surface area contributed by atoms with Gasteiger partial charge in [0.25, 0.3) is 5.69 Å². The van der Waals surface area contributed by atoms with E-state index in [1.165, 1.54) is 23.1 Å². The smallest absolute Gasteiger partial charge is 0.271 e. The first-order chi connectivity index (χ1) is 15.6. The van der Waals surface area contributed by atoms with Crippen LogP contribution in [-0.2, 0) is 11.2 Å². The number of aromatic amines is 1. The van der Waals surface area contributed by atoms with Crippen molar-refractivity contribution in [1.29, 1.82) is 0 Å². The molecule has 2 N–H and O–H groups in total. The Bertz CT molecular complexity index is 1300. The van der Waals surface area contributed by atoms with Gasteiger partial charge >= 0.3 is 0 Å². The third-order valence-corrected chi connectivity index (χ3v) is 5.94. The molecule has 1 unspecified atom stereocenters. The molecule has 1 aliphatic rings. The van der Waals surface area contributed by atoms with E-state index in [1.54, 1.807) is 12.1 Å². The number of hydrogen-bond acceptors (Lipinski definition) is 4. The van der Waals surface area contributed by atoms with Crippen molar-refractivity contribution in [1.82, 2.24) is 9.88 Å². The number of amides is 1. The normalized spacial score (nSPS) is 15.9. The van der Waals surface area contributed by atoms with Crippen LogP contribution in [0.15, 0.2) is 78.9 Å². The molecule has 4 aromatic rings. The van der Waals surface area contributed by atoms with E-state index in [-0.39, 0.29) is 24.2 Å². The average Bonchev–Trinajstić information content (AvgIpc) is 3.18. The summed E-state index contributed by atoms with van der Waals surface area (Å²) >= 11 is 0. The van der Waals surface area contributed by atoms with Crippen LogP contribution in [0, 0.1) is 10.1 Å². The quantitative estimate of drug-likeness (QED) is 0.359. The first-order valence-corrected chi connectivity index (χ1v) is 10.5. The molecule has 1 aliphatic heterocycles. The lowest BCUT2D eigenvalue weighted by Gasteiger charge is -2.35. The minimum absolute atomic E-state index is 0.0503. The van der Waals surface area contributed by atoms with Crippen LogP contribution in [0.3, 0.4) is 0 Å². The molecular weight excluding hydrogens is 404 g/mol. The molecule has 3 aromatic carbocycles. The number of H-pyrrole nitrogens is 1. The number of carbonyl (C=O) groups excluding carboxylic acids is 1. The van der Waals surface area contributed by atoms with E-state index in [1.807, 2.05) is 30.3 Å². The molecule has 32 heavy (non-hydrogen) atoms. The maximum absolute atomic E-state index is 12.9. The van der Waals surface area contributed by atoms with Gasteiger partial charge in [-0.1, -0.05) is 54.6 Å². The minimum Gasteiger partial charge on any atom is -0.357 e. The van der Waals surface area contributed by atoms with Crippen molar-refractivity contribution in [3.05, 3.63) is 106 Å². The molecule has 5 rings (SSSR count). The fourth-order valence-corrected chi connectivity index (χ4v) is 4.56. The molecule has 0 saturated carbocycles. The Morgan fingerprint density at radius 2 is 1.84 bits per heavy atom. The first-order valence-electron chi connectivity index (χ1n) is 10.5. The Balaban J connectivity index is 1.44. The van der Waals surface area contributed by atoms with Crippen LogP contribution in [0.25, 0.3) is 10.9 Å². The van der Waals surface area contributed by atoms with Crippen LogP contribution < -0.4 is 5.32 Å². The van der Waals surface area contributed by atoms with Gasteiger partial charge in [-0.15, -0.1) is 0 Å². The van der Waals surface area contributed by atoms with Gasteiger partial charge in [-0.25, -0.2) is 0 Å². The maximum atomic E-state index is 12.9. The van der Waals surface area contributed by atoms with Gasteiger partial charge in [-0.2, -0.15) is 0 Å². The predicted molar refractivity (Wildman–Crippen MR) is 124 cm³/mol. The predicted octanol–water partition coefficient (Wildman–Crippen LogP) is 4.66. The molecule has 0 spiro atoms. The number of nitro benzene ring substituents is 1. The molecule has 0 fully saturated rings. The molecule has 1 atom stereocenters. The summed E-state index contributed by atoms with van der Waals surface area (Å²) in [5.74, 6) is -0.203. The molecule has 0 saturated heterocycles. The molecule has 0 aliphatic carbocycles. The van der Waals surface area contributed by atoms with Crippen LogP contribution in [0.5, 0.6) is 0 Å². The zero-order chi connectivity index (χ0) is 22.1. The first kappa shape index (κ1) is 20.0. The molecule has 7 nitrogen and oxygen atoms in total. The maximum Gasteiger partial charge on any atom is 0.271 e. The van der Waals surface area contributed by atoms with Crippen molar-refractivity contribution < 1.29 is 9.72 Å². The lowest BCUT2D eigenvalue weighted by molar-refractivity contribution is -0.384. The van der Waals surface area contributed by atoms with Gasteiger partial charge in [-0.05, 0) is 29.7 Å². The summed E-state index contributed by atoms with van der Waals surface area (Å²) in [5.41, 5.74) is 5.00. The Kier molecular flexibility index (Phi) is 5.17. The largest absolute Gasteiger partial charge is 0.357 e. The number of benzene rings is 3. The second-order valence-corrected chi connectivity index (χ2v) is 7.95. The van der Waals surface area contributed by atoms with E-state index in [0.29, 0.717) is 5.69 Å².